The highest BCUT2D eigenvalue weighted by atomic mass is 32.2. The fourth-order valence-electron chi connectivity index (χ4n) is 0.888. The molecule has 66 valence electrons. The second kappa shape index (κ2) is 4.15. The van der Waals surface area contributed by atoms with Crippen LogP contribution in [-0.2, 0) is 0 Å². The molecule has 0 radical (unpaired) electrons. The van der Waals surface area contributed by atoms with Crippen molar-refractivity contribution < 1.29 is 0 Å². The van der Waals surface area contributed by atoms with Crippen LogP contribution >= 0.6 is 11.8 Å². The van der Waals surface area contributed by atoms with E-state index in [2.05, 4.69) is 21.9 Å². The van der Waals surface area contributed by atoms with Gasteiger partial charge in [0.05, 0.1) is 18.4 Å². The molecule has 0 saturated heterocycles. The molecule has 0 saturated carbocycles. The van der Waals surface area contributed by atoms with Crippen molar-refractivity contribution in [3.05, 3.63) is 12.0 Å². The summed E-state index contributed by atoms with van der Waals surface area (Å²) < 4.78 is 0. The van der Waals surface area contributed by atoms with E-state index in [0.717, 1.165) is 5.69 Å². The number of aromatic nitrogens is 2. The Morgan fingerprint density at radius 3 is 3.17 bits per heavy atom. The Labute approximate surface area is 75.7 Å². The Hall–Kier alpha value is -0.970. The minimum Gasteiger partial charge on any atom is -0.390 e. The van der Waals surface area contributed by atoms with E-state index in [0.29, 0.717) is 11.1 Å². The van der Waals surface area contributed by atoms with Gasteiger partial charge in [-0.2, -0.15) is 11.8 Å². The molecule has 0 amide bonds. The second-order valence-corrected chi connectivity index (χ2v) is 3.47. The lowest BCUT2D eigenvalue weighted by Crippen LogP contribution is -1.91. The normalized spacial score (nSPS) is 13.8. The van der Waals surface area contributed by atoms with Crippen molar-refractivity contribution in [3.8, 4) is 0 Å². The molecule has 0 aliphatic heterocycles. The molecule has 1 rings (SSSR count). The largest absolute Gasteiger partial charge is 0.390 e. The number of nitrogens with two attached hydrogens (primary N) is 1. The fourth-order valence-corrected chi connectivity index (χ4v) is 1.30. The minimum absolute atomic E-state index is 0.367. The highest BCUT2D eigenvalue weighted by Gasteiger charge is 2.10. The molecule has 0 aliphatic rings. The Bertz CT molecular complexity index is 268. The average molecular weight is 184 g/mol. The van der Waals surface area contributed by atoms with E-state index in [1.54, 1.807) is 18.1 Å². The molecular weight excluding hydrogens is 172 g/mol. The minimum atomic E-state index is 0.367. The Kier molecular flexibility index (Phi) is 3.16. The Balaban J connectivity index is 2.90. The summed E-state index contributed by atoms with van der Waals surface area (Å²) in [4.78, 5) is 11.0. The van der Waals surface area contributed by atoms with Gasteiger partial charge in [0.15, 0.2) is 5.82 Å². The molecule has 1 aromatic heterocycles. The topological polar surface area (TPSA) is 67.1 Å². The molecular formula is C7H12N4S. The first-order valence-corrected chi connectivity index (χ1v) is 4.88. The highest BCUT2D eigenvalue weighted by molar-refractivity contribution is 7.98. The van der Waals surface area contributed by atoms with E-state index in [4.69, 9.17) is 5.73 Å². The van der Waals surface area contributed by atoms with Crippen molar-refractivity contribution in [1.29, 1.82) is 0 Å². The van der Waals surface area contributed by atoms with Crippen LogP contribution in [-0.4, -0.2) is 22.6 Å². The number of rotatable bonds is 3. The van der Waals surface area contributed by atoms with Gasteiger partial charge in [-0.3, -0.25) is 0 Å². The monoisotopic (exact) mass is 184 g/mol. The predicted molar refractivity (Wildman–Crippen MR) is 52.9 cm³/mol. The van der Waals surface area contributed by atoms with Crippen LogP contribution in [0.1, 0.15) is 17.9 Å². The van der Waals surface area contributed by atoms with E-state index in [-0.39, 0.29) is 0 Å². The number of thioether (sulfide) groups is 1. The molecule has 0 aliphatic carbocycles. The van der Waals surface area contributed by atoms with E-state index in [1.165, 1.54) is 6.34 Å². The molecule has 4 nitrogen and oxygen atoms in total. The third-order valence-corrected chi connectivity index (χ3v) is 2.55. The smallest absolute Gasteiger partial charge is 0.175 e. The van der Waals surface area contributed by atoms with Gasteiger partial charge in [-0.25, -0.2) is 9.98 Å². The van der Waals surface area contributed by atoms with Crippen molar-refractivity contribution in [2.75, 3.05) is 6.26 Å². The molecule has 5 heteroatoms. The van der Waals surface area contributed by atoms with Crippen molar-refractivity contribution in [2.45, 2.75) is 12.2 Å². The lowest BCUT2D eigenvalue weighted by molar-refractivity contribution is 1.03. The van der Waals surface area contributed by atoms with Gasteiger partial charge in [-0.15, -0.1) is 0 Å². The lowest BCUT2D eigenvalue weighted by atomic mass is 10.3. The molecule has 12 heavy (non-hydrogen) atoms. The lowest BCUT2D eigenvalue weighted by Gasteiger charge is -2.04. The van der Waals surface area contributed by atoms with Crippen LogP contribution < -0.4 is 5.73 Å². The van der Waals surface area contributed by atoms with E-state index in [1.807, 2.05) is 6.26 Å². The van der Waals surface area contributed by atoms with E-state index < -0.39 is 0 Å². The van der Waals surface area contributed by atoms with Crippen LogP contribution in [0, 0.1) is 0 Å². The Morgan fingerprint density at radius 1 is 1.83 bits per heavy atom. The van der Waals surface area contributed by atoms with Gasteiger partial charge in [0.2, 0.25) is 0 Å². The summed E-state index contributed by atoms with van der Waals surface area (Å²) in [5.41, 5.74) is 6.20. The zero-order valence-electron chi connectivity index (χ0n) is 7.11. The maximum Gasteiger partial charge on any atom is 0.175 e. The molecule has 0 bridgehead atoms. The van der Waals surface area contributed by atoms with Crippen LogP contribution in [0.15, 0.2) is 11.3 Å². The van der Waals surface area contributed by atoms with Crippen LogP contribution in [0.2, 0.25) is 0 Å². The van der Waals surface area contributed by atoms with Crippen LogP contribution in [0.4, 0.5) is 5.82 Å². The van der Waals surface area contributed by atoms with Crippen molar-refractivity contribution in [1.82, 2.24) is 9.97 Å². The molecule has 0 aromatic carbocycles. The SMILES string of the molecule is CSC(C)c1[nH]cnc1N=CN. The third-order valence-electron chi connectivity index (χ3n) is 1.60. The molecule has 1 unspecified atom stereocenters. The first-order valence-electron chi connectivity index (χ1n) is 3.60. The van der Waals surface area contributed by atoms with E-state index in [9.17, 15) is 0 Å². The summed E-state index contributed by atoms with van der Waals surface area (Å²) in [6.45, 7) is 2.09. The van der Waals surface area contributed by atoms with Crippen molar-refractivity contribution in [2.24, 2.45) is 10.7 Å². The molecule has 1 aromatic rings. The molecule has 1 atom stereocenters. The summed E-state index contributed by atoms with van der Waals surface area (Å²) in [5.74, 6) is 0.680. The highest BCUT2D eigenvalue weighted by Crippen LogP contribution is 2.29. The van der Waals surface area contributed by atoms with Crippen molar-refractivity contribution >= 4 is 23.9 Å². The first-order chi connectivity index (χ1) is 5.79. The van der Waals surface area contributed by atoms with Gasteiger partial charge in [-0.1, -0.05) is 0 Å². The van der Waals surface area contributed by atoms with Gasteiger partial charge in [-0.05, 0) is 13.2 Å². The fraction of sp³-hybridized carbons (Fsp3) is 0.429. The third kappa shape index (κ3) is 1.79. The van der Waals surface area contributed by atoms with Gasteiger partial charge >= 0.3 is 0 Å². The number of aromatic amines is 1. The molecule has 1 heterocycles. The zero-order valence-corrected chi connectivity index (χ0v) is 7.93. The summed E-state index contributed by atoms with van der Waals surface area (Å²) >= 11 is 1.74. The van der Waals surface area contributed by atoms with Gasteiger partial charge in [0.1, 0.15) is 0 Å². The zero-order chi connectivity index (χ0) is 8.97. The molecule has 3 N–H and O–H groups in total. The number of hydrogen-bond acceptors (Lipinski definition) is 3. The summed E-state index contributed by atoms with van der Waals surface area (Å²) in [5, 5.41) is 0.367. The standard InChI is InChI=1S/C7H12N4S/c1-5(12-2)6-7(9-3-8)11-4-10-6/h3-5H,1-2H3,(H2,8,9)(H,10,11). The van der Waals surface area contributed by atoms with E-state index >= 15 is 0 Å². The molecule has 0 spiro atoms. The average Bonchev–Trinajstić information content (AvgIpc) is 2.52. The number of hydrogen-bond donors (Lipinski definition) is 2. The summed E-state index contributed by atoms with van der Waals surface area (Å²) in [6.07, 6.45) is 4.93. The number of nitrogens with zero attached hydrogens (tertiary/aromatic N) is 2. The van der Waals surface area contributed by atoms with Crippen molar-refractivity contribution in [3.63, 3.8) is 0 Å². The van der Waals surface area contributed by atoms with Crippen LogP contribution in [0.5, 0.6) is 0 Å². The Morgan fingerprint density at radius 2 is 2.58 bits per heavy atom. The quantitative estimate of drug-likeness (QED) is 0.552. The number of H-pyrrole nitrogens is 1. The van der Waals surface area contributed by atoms with Gasteiger partial charge in [0, 0.05) is 5.25 Å². The predicted octanol–water partition coefficient (Wildman–Crippen LogP) is 1.45. The van der Waals surface area contributed by atoms with Crippen LogP contribution in [0.3, 0.4) is 0 Å². The maximum absolute atomic E-state index is 5.18. The summed E-state index contributed by atoms with van der Waals surface area (Å²) in [6, 6.07) is 0. The second-order valence-electron chi connectivity index (χ2n) is 2.30. The number of nitrogens with one attached hydrogen (secondary N) is 1. The van der Waals surface area contributed by atoms with Crippen LogP contribution in [0.25, 0.3) is 0 Å². The van der Waals surface area contributed by atoms with Gasteiger partial charge in [0.25, 0.3) is 0 Å². The number of imidazole rings is 1. The summed E-state index contributed by atoms with van der Waals surface area (Å²) in [7, 11) is 0. The molecule has 0 fully saturated rings. The first kappa shape index (κ1) is 9.12. The maximum atomic E-state index is 5.18. The number of aliphatic imine (C=N–C) groups is 1. The van der Waals surface area contributed by atoms with Gasteiger partial charge < -0.3 is 10.7 Å².